The van der Waals surface area contributed by atoms with Crippen molar-refractivity contribution in [2.75, 3.05) is 5.43 Å². The summed E-state index contributed by atoms with van der Waals surface area (Å²) >= 11 is 3.30. The van der Waals surface area contributed by atoms with Crippen LogP contribution in [-0.4, -0.2) is 16.8 Å². The molecule has 0 unspecified atom stereocenters. The van der Waals surface area contributed by atoms with E-state index in [2.05, 4.69) is 33.9 Å². The Morgan fingerprint density at radius 1 is 1.16 bits per heavy atom. The van der Waals surface area contributed by atoms with Crippen molar-refractivity contribution in [1.29, 1.82) is 0 Å². The molecule has 0 radical (unpaired) electrons. The molecule has 130 valence electrons. The fraction of sp³-hybridized carbons (Fsp3) is 0.263. The average molecular weight is 372 g/mol. The largest absolute Gasteiger partial charge is 0.488 e. The first-order chi connectivity index (χ1) is 11.9. The lowest BCUT2D eigenvalue weighted by Crippen LogP contribution is -2.22. The highest BCUT2D eigenvalue weighted by molar-refractivity contribution is 7.17. The number of nitrogens with zero attached hydrogens (tertiary/aromatic N) is 2. The Hall–Kier alpha value is -2.18. The fourth-order valence-electron chi connectivity index (χ4n) is 2.22. The van der Waals surface area contributed by atoms with E-state index in [1.807, 2.05) is 51.1 Å². The summed E-state index contributed by atoms with van der Waals surface area (Å²) in [6.07, 6.45) is 1.78. The normalized spacial score (nSPS) is 11.8. The lowest BCUT2D eigenvalue weighted by atomic mass is 10.2. The van der Waals surface area contributed by atoms with Gasteiger partial charge in [-0.25, -0.2) is 4.98 Å². The summed E-state index contributed by atoms with van der Waals surface area (Å²) < 4.78 is 5.81. The molecule has 0 atom stereocenters. The Kier molecular flexibility index (Phi) is 5.20. The highest BCUT2D eigenvalue weighted by Gasteiger charge is 2.11. The zero-order valence-electron chi connectivity index (χ0n) is 14.7. The molecule has 0 aliphatic rings. The predicted octanol–water partition coefficient (Wildman–Crippen LogP) is 5.80. The highest BCUT2D eigenvalue weighted by Crippen LogP contribution is 2.32. The van der Waals surface area contributed by atoms with Gasteiger partial charge in [-0.2, -0.15) is 5.10 Å². The number of hydrogen-bond acceptors (Lipinski definition) is 6. The molecule has 0 fully saturated rings. The quantitative estimate of drug-likeness (QED) is 0.455. The first kappa shape index (κ1) is 17.6. The molecule has 6 heteroatoms. The average Bonchev–Trinajstić information content (AvgIpc) is 3.17. The Morgan fingerprint density at radius 3 is 2.56 bits per heavy atom. The van der Waals surface area contributed by atoms with Crippen LogP contribution in [0.2, 0.25) is 0 Å². The number of aromatic nitrogens is 1. The Morgan fingerprint density at radius 2 is 1.92 bits per heavy atom. The predicted molar refractivity (Wildman–Crippen MR) is 108 cm³/mol. The van der Waals surface area contributed by atoms with E-state index in [4.69, 9.17) is 4.74 Å². The van der Waals surface area contributed by atoms with Gasteiger partial charge in [0, 0.05) is 4.88 Å². The standard InChI is InChI=1S/C19H21N3OS2/c1-13-17(16-6-5-11-24-16)21-18(25-13)22-20-12-14-7-9-15(10-8-14)23-19(2,3)4/h5-12H,1-4H3,(H,21,22)/b20-12-. The summed E-state index contributed by atoms with van der Waals surface area (Å²) in [4.78, 5) is 6.99. The minimum atomic E-state index is -0.194. The number of anilines is 1. The van der Waals surface area contributed by atoms with Crippen LogP contribution >= 0.6 is 22.7 Å². The number of rotatable bonds is 5. The van der Waals surface area contributed by atoms with Crippen LogP contribution in [0.1, 0.15) is 31.2 Å². The minimum Gasteiger partial charge on any atom is -0.488 e. The van der Waals surface area contributed by atoms with E-state index in [0.29, 0.717) is 0 Å². The molecule has 0 saturated carbocycles. The number of thiophene rings is 1. The van der Waals surface area contributed by atoms with Crippen molar-refractivity contribution in [3.63, 3.8) is 0 Å². The maximum atomic E-state index is 5.81. The molecule has 0 aliphatic carbocycles. The van der Waals surface area contributed by atoms with Crippen molar-refractivity contribution in [3.05, 3.63) is 52.2 Å². The van der Waals surface area contributed by atoms with Crippen molar-refractivity contribution in [2.24, 2.45) is 5.10 Å². The molecular weight excluding hydrogens is 350 g/mol. The Balaban J connectivity index is 1.63. The van der Waals surface area contributed by atoms with Crippen molar-refractivity contribution in [1.82, 2.24) is 4.98 Å². The summed E-state index contributed by atoms with van der Waals surface area (Å²) in [6, 6.07) is 12.0. The van der Waals surface area contributed by atoms with Gasteiger partial charge in [0.15, 0.2) is 0 Å². The lowest BCUT2D eigenvalue weighted by molar-refractivity contribution is 0.131. The number of nitrogens with one attached hydrogen (secondary N) is 1. The molecule has 2 heterocycles. The van der Waals surface area contributed by atoms with Crippen LogP contribution in [0, 0.1) is 6.92 Å². The van der Waals surface area contributed by atoms with Gasteiger partial charge in [0.1, 0.15) is 11.4 Å². The van der Waals surface area contributed by atoms with Crippen molar-refractivity contribution < 1.29 is 4.74 Å². The third-order valence-corrected chi connectivity index (χ3v) is 4.98. The second-order valence-corrected chi connectivity index (χ2v) is 8.71. The van der Waals surface area contributed by atoms with Crippen molar-refractivity contribution >= 4 is 34.0 Å². The summed E-state index contributed by atoms with van der Waals surface area (Å²) in [5.41, 5.74) is 4.85. The van der Waals surface area contributed by atoms with Gasteiger partial charge < -0.3 is 4.74 Å². The Bertz CT molecular complexity index is 844. The number of thiazole rings is 1. The third-order valence-electron chi connectivity index (χ3n) is 3.23. The van der Waals surface area contributed by atoms with Gasteiger partial charge in [-0.3, -0.25) is 5.43 Å². The minimum absolute atomic E-state index is 0.194. The van der Waals surface area contributed by atoms with Gasteiger partial charge in [0.2, 0.25) is 5.13 Å². The monoisotopic (exact) mass is 371 g/mol. The zero-order chi connectivity index (χ0) is 17.9. The van der Waals surface area contributed by atoms with Crippen LogP contribution < -0.4 is 10.2 Å². The van der Waals surface area contributed by atoms with E-state index in [1.54, 1.807) is 28.9 Å². The second kappa shape index (κ2) is 7.37. The molecule has 4 nitrogen and oxygen atoms in total. The molecule has 1 aromatic carbocycles. The summed E-state index contributed by atoms with van der Waals surface area (Å²) in [5.74, 6) is 0.855. The van der Waals surface area contributed by atoms with Crippen molar-refractivity contribution in [2.45, 2.75) is 33.3 Å². The van der Waals surface area contributed by atoms with Gasteiger partial charge in [-0.1, -0.05) is 6.07 Å². The molecule has 0 spiro atoms. The highest BCUT2D eigenvalue weighted by atomic mass is 32.1. The van der Waals surface area contributed by atoms with E-state index in [1.165, 1.54) is 9.75 Å². The molecule has 0 aliphatic heterocycles. The van der Waals surface area contributed by atoms with Gasteiger partial charge in [-0.05, 0) is 69.0 Å². The lowest BCUT2D eigenvalue weighted by Gasteiger charge is -2.21. The number of benzene rings is 1. The topological polar surface area (TPSA) is 46.5 Å². The van der Waals surface area contributed by atoms with Crippen molar-refractivity contribution in [3.8, 4) is 16.3 Å². The van der Waals surface area contributed by atoms with E-state index >= 15 is 0 Å². The van der Waals surface area contributed by atoms with E-state index in [-0.39, 0.29) is 5.60 Å². The van der Waals surface area contributed by atoms with Crippen LogP contribution in [0.4, 0.5) is 5.13 Å². The second-order valence-electron chi connectivity index (χ2n) is 6.55. The molecular formula is C19H21N3OS2. The maximum Gasteiger partial charge on any atom is 0.204 e. The molecule has 0 amide bonds. The van der Waals surface area contributed by atoms with Gasteiger partial charge in [0.25, 0.3) is 0 Å². The fourth-order valence-corrected chi connectivity index (χ4v) is 3.84. The maximum absolute atomic E-state index is 5.81. The Labute approximate surface area is 156 Å². The van der Waals surface area contributed by atoms with Crippen LogP contribution in [-0.2, 0) is 0 Å². The molecule has 25 heavy (non-hydrogen) atoms. The van der Waals surface area contributed by atoms with E-state index in [0.717, 1.165) is 22.1 Å². The number of ether oxygens (including phenoxy) is 1. The van der Waals surface area contributed by atoms with Crippen LogP contribution in [0.15, 0.2) is 46.9 Å². The van der Waals surface area contributed by atoms with Crippen LogP contribution in [0.25, 0.3) is 10.6 Å². The smallest absolute Gasteiger partial charge is 0.204 e. The number of hydrazone groups is 1. The van der Waals surface area contributed by atoms with Gasteiger partial charge in [0.05, 0.1) is 16.8 Å². The van der Waals surface area contributed by atoms with E-state index < -0.39 is 0 Å². The van der Waals surface area contributed by atoms with E-state index in [9.17, 15) is 0 Å². The zero-order valence-corrected chi connectivity index (χ0v) is 16.4. The van der Waals surface area contributed by atoms with Crippen LogP contribution in [0.3, 0.4) is 0 Å². The molecule has 2 aromatic heterocycles. The first-order valence-electron chi connectivity index (χ1n) is 8.00. The molecule has 1 N–H and O–H groups in total. The SMILES string of the molecule is Cc1sc(N/N=C\c2ccc(OC(C)(C)C)cc2)nc1-c1cccs1. The van der Waals surface area contributed by atoms with Gasteiger partial charge >= 0.3 is 0 Å². The molecule has 3 rings (SSSR count). The molecule has 0 saturated heterocycles. The number of aryl methyl sites for hydroxylation is 1. The summed E-state index contributed by atoms with van der Waals surface area (Å²) in [5, 5.41) is 7.15. The third kappa shape index (κ3) is 4.90. The molecule has 0 bridgehead atoms. The first-order valence-corrected chi connectivity index (χ1v) is 9.70. The number of hydrogen-bond donors (Lipinski definition) is 1. The van der Waals surface area contributed by atoms with Crippen LogP contribution in [0.5, 0.6) is 5.75 Å². The van der Waals surface area contributed by atoms with Gasteiger partial charge in [-0.15, -0.1) is 22.7 Å². The summed E-state index contributed by atoms with van der Waals surface area (Å²) in [6.45, 7) is 8.18. The summed E-state index contributed by atoms with van der Waals surface area (Å²) in [7, 11) is 0. The molecule has 3 aromatic rings.